The highest BCUT2D eigenvalue weighted by molar-refractivity contribution is 8.03. The van der Waals surface area contributed by atoms with Crippen molar-refractivity contribution in [2.24, 2.45) is 0 Å². The Kier molecular flexibility index (Phi) is 8.25. The number of amides is 1. The summed E-state index contributed by atoms with van der Waals surface area (Å²) in [5, 5.41) is 27.3. The van der Waals surface area contributed by atoms with Crippen molar-refractivity contribution in [1.82, 2.24) is 5.32 Å². The van der Waals surface area contributed by atoms with Crippen molar-refractivity contribution in [2.45, 2.75) is 19.4 Å². The molecule has 11 heteroatoms. The van der Waals surface area contributed by atoms with Gasteiger partial charge in [-0.2, -0.15) is 5.26 Å². The number of nitro benzene ring substituents is 1. The lowest BCUT2D eigenvalue weighted by Crippen LogP contribution is -2.29. The highest BCUT2D eigenvalue weighted by Gasteiger charge is 2.37. The number of hydrogen-bond acceptors (Lipinski definition) is 9. The Labute approximate surface area is 222 Å². The number of ether oxygens (including phenoxy) is 1. The van der Waals surface area contributed by atoms with Crippen molar-refractivity contribution < 1.29 is 23.7 Å². The number of thioether (sulfide) groups is 1. The first-order valence-electron chi connectivity index (χ1n) is 11.4. The maximum absolute atomic E-state index is 13.2. The molecule has 4 rings (SSSR count). The van der Waals surface area contributed by atoms with Crippen molar-refractivity contribution in [3.8, 4) is 6.07 Å². The normalized spacial score (nSPS) is 14.9. The largest absolute Gasteiger partial charge is 0.468 e. The summed E-state index contributed by atoms with van der Waals surface area (Å²) in [6, 6.07) is 20.5. The van der Waals surface area contributed by atoms with Gasteiger partial charge in [0.15, 0.2) is 0 Å². The van der Waals surface area contributed by atoms with Gasteiger partial charge >= 0.3 is 5.97 Å². The molecule has 2 heterocycles. The number of furan rings is 1. The molecule has 38 heavy (non-hydrogen) atoms. The molecule has 0 aliphatic carbocycles. The fourth-order valence-corrected chi connectivity index (χ4v) is 4.79. The zero-order valence-corrected chi connectivity index (χ0v) is 21.0. The number of hydrogen-bond donors (Lipinski definition) is 2. The summed E-state index contributed by atoms with van der Waals surface area (Å²) in [5.41, 5.74) is 1.51. The Balaban J connectivity index is 1.54. The second kappa shape index (κ2) is 11.9. The summed E-state index contributed by atoms with van der Waals surface area (Å²) in [6.45, 7) is 1.73. The molecule has 2 N–H and O–H groups in total. The van der Waals surface area contributed by atoms with Crippen molar-refractivity contribution in [3.63, 3.8) is 0 Å². The number of nitrogens with one attached hydrogen (secondary N) is 2. The molecular weight excluding hydrogens is 508 g/mol. The number of anilines is 1. The second-order valence-electron chi connectivity index (χ2n) is 8.14. The van der Waals surface area contributed by atoms with Gasteiger partial charge in [-0.3, -0.25) is 14.9 Å². The molecule has 1 aliphatic rings. The first kappa shape index (κ1) is 26.2. The molecule has 0 fully saturated rings. The van der Waals surface area contributed by atoms with Crippen LogP contribution in [0.3, 0.4) is 0 Å². The van der Waals surface area contributed by atoms with Gasteiger partial charge in [-0.15, -0.1) is 0 Å². The summed E-state index contributed by atoms with van der Waals surface area (Å²) >= 11 is 1.04. The Hall–Kier alpha value is -4.82. The smallest absolute Gasteiger partial charge is 0.337 e. The minimum Gasteiger partial charge on any atom is -0.468 e. The number of carbonyl (C=O) groups is 2. The molecule has 1 amide bonds. The first-order valence-corrected chi connectivity index (χ1v) is 12.4. The number of nitrogens with zero attached hydrogens (tertiary/aromatic N) is 2. The van der Waals surface area contributed by atoms with Crippen LogP contribution in [0.1, 0.15) is 24.2 Å². The number of dihydropyridines is 1. The van der Waals surface area contributed by atoms with Gasteiger partial charge in [0, 0.05) is 11.8 Å². The van der Waals surface area contributed by atoms with E-state index in [4.69, 9.17) is 9.15 Å². The van der Waals surface area contributed by atoms with Gasteiger partial charge in [0.2, 0.25) is 5.91 Å². The maximum Gasteiger partial charge on any atom is 0.337 e. The molecule has 0 bridgehead atoms. The molecule has 0 radical (unpaired) electrons. The molecule has 0 saturated carbocycles. The molecule has 1 atom stereocenters. The van der Waals surface area contributed by atoms with Gasteiger partial charge in [-0.25, -0.2) is 4.79 Å². The molecule has 2 aromatic carbocycles. The number of benzene rings is 2. The highest BCUT2D eigenvalue weighted by Crippen LogP contribution is 2.41. The predicted octanol–water partition coefficient (Wildman–Crippen LogP) is 5.00. The molecule has 0 saturated heterocycles. The van der Waals surface area contributed by atoms with Gasteiger partial charge < -0.3 is 19.8 Å². The Morgan fingerprint density at radius 3 is 2.58 bits per heavy atom. The van der Waals surface area contributed by atoms with Crippen molar-refractivity contribution >= 4 is 35.0 Å². The predicted molar refractivity (Wildman–Crippen MR) is 140 cm³/mol. The molecular formula is C27H22N4O6S. The van der Waals surface area contributed by atoms with Crippen LogP contribution in [0.15, 0.2) is 99.3 Å². The lowest BCUT2D eigenvalue weighted by Gasteiger charge is -2.27. The molecule has 0 spiro atoms. The number of nitro groups is 1. The van der Waals surface area contributed by atoms with Gasteiger partial charge in [-0.05, 0) is 30.7 Å². The van der Waals surface area contributed by atoms with E-state index in [2.05, 4.69) is 16.7 Å². The van der Waals surface area contributed by atoms with E-state index in [0.717, 1.165) is 17.3 Å². The van der Waals surface area contributed by atoms with E-state index in [1.165, 1.54) is 24.5 Å². The average molecular weight is 531 g/mol. The molecule has 192 valence electrons. The Bertz CT molecular complexity index is 1460. The minimum absolute atomic E-state index is 0.0559. The number of nitriles is 1. The van der Waals surface area contributed by atoms with Crippen LogP contribution in [-0.2, 0) is 20.9 Å². The number of allylic oxidation sites excluding steroid dienone is 2. The number of rotatable bonds is 9. The van der Waals surface area contributed by atoms with Gasteiger partial charge in [0.05, 0.1) is 45.1 Å². The minimum atomic E-state index is -0.847. The number of carbonyl (C=O) groups excluding carboxylic acids is 2. The number of para-hydroxylation sites is 2. The molecule has 10 nitrogen and oxygen atoms in total. The standard InChI is InChI=1S/C27H22N4O6S/c1-17-24(27(33)37-15-18-8-3-2-4-9-18)25(22-12-7-13-36-22)19(14-28)26(29-17)38-16-23(32)30-20-10-5-6-11-21(20)31(34)35/h2-13,25,29H,15-16H2,1H3,(H,30,32)/t25-/m1/s1. The molecule has 1 aliphatic heterocycles. The fraction of sp³-hybridized carbons (Fsp3) is 0.148. The van der Waals surface area contributed by atoms with Gasteiger partial charge in [0.25, 0.3) is 5.69 Å². The monoisotopic (exact) mass is 530 g/mol. The van der Waals surface area contributed by atoms with Gasteiger partial charge in [-0.1, -0.05) is 54.2 Å². The van der Waals surface area contributed by atoms with Crippen LogP contribution in [0.4, 0.5) is 11.4 Å². The zero-order chi connectivity index (χ0) is 27.1. The van der Waals surface area contributed by atoms with E-state index in [0.29, 0.717) is 16.5 Å². The van der Waals surface area contributed by atoms with Crippen LogP contribution in [0.5, 0.6) is 0 Å². The zero-order valence-electron chi connectivity index (χ0n) is 20.2. The lowest BCUT2D eigenvalue weighted by molar-refractivity contribution is -0.383. The van der Waals surface area contributed by atoms with E-state index in [1.807, 2.05) is 30.3 Å². The van der Waals surface area contributed by atoms with Crippen LogP contribution in [0.2, 0.25) is 0 Å². The maximum atomic E-state index is 13.2. The molecule has 3 aromatic rings. The van der Waals surface area contributed by atoms with Crippen LogP contribution in [-0.4, -0.2) is 22.6 Å². The van der Waals surface area contributed by atoms with E-state index < -0.39 is 22.7 Å². The van der Waals surface area contributed by atoms with E-state index in [1.54, 1.807) is 25.1 Å². The van der Waals surface area contributed by atoms with Crippen LogP contribution >= 0.6 is 11.8 Å². The third-order valence-electron chi connectivity index (χ3n) is 5.63. The summed E-state index contributed by atoms with van der Waals surface area (Å²) in [4.78, 5) is 36.5. The quantitative estimate of drug-likeness (QED) is 0.221. The SMILES string of the molecule is CC1=C(C(=O)OCc2ccccc2)[C@@H](c2ccco2)C(C#N)=C(SCC(=O)Nc2ccccc2[N+](=O)[O-])N1. The van der Waals surface area contributed by atoms with Crippen molar-refractivity contribution in [1.29, 1.82) is 5.26 Å². The van der Waals surface area contributed by atoms with E-state index >= 15 is 0 Å². The Morgan fingerprint density at radius 2 is 1.89 bits per heavy atom. The van der Waals surface area contributed by atoms with Crippen LogP contribution in [0.25, 0.3) is 0 Å². The summed E-state index contributed by atoms with van der Waals surface area (Å²) in [6.07, 6.45) is 1.45. The first-order chi connectivity index (χ1) is 18.4. The lowest BCUT2D eigenvalue weighted by atomic mass is 9.86. The van der Waals surface area contributed by atoms with Crippen molar-refractivity contribution in [3.05, 3.63) is 116 Å². The third kappa shape index (κ3) is 5.93. The fourth-order valence-electron chi connectivity index (χ4n) is 3.90. The second-order valence-corrected chi connectivity index (χ2v) is 9.13. The summed E-state index contributed by atoms with van der Waals surface area (Å²) in [7, 11) is 0. The Morgan fingerprint density at radius 1 is 1.16 bits per heavy atom. The summed E-state index contributed by atoms with van der Waals surface area (Å²) < 4.78 is 11.1. The third-order valence-corrected chi connectivity index (χ3v) is 6.65. The summed E-state index contributed by atoms with van der Waals surface area (Å²) in [5.74, 6) is -1.73. The number of esters is 1. The van der Waals surface area contributed by atoms with E-state index in [9.17, 15) is 25.0 Å². The average Bonchev–Trinajstić information content (AvgIpc) is 3.45. The molecule has 0 unspecified atom stereocenters. The van der Waals surface area contributed by atoms with Crippen LogP contribution in [0, 0.1) is 21.4 Å². The van der Waals surface area contributed by atoms with Crippen molar-refractivity contribution in [2.75, 3.05) is 11.1 Å². The molecule has 1 aromatic heterocycles. The highest BCUT2D eigenvalue weighted by atomic mass is 32.2. The van der Waals surface area contributed by atoms with E-state index in [-0.39, 0.29) is 34.9 Å². The topological polar surface area (TPSA) is 148 Å². The van der Waals surface area contributed by atoms with Gasteiger partial charge in [0.1, 0.15) is 18.1 Å². The van der Waals surface area contributed by atoms with Crippen LogP contribution < -0.4 is 10.6 Å².